The van der Waals surface area contributed by atoms with Crippen molar-refractivity contribution in [1.29, 1.82) is 0 Å². The Bertz CT molecular complexity index is 472. The second-order valence-corrected chi connectivity index (χ2v) is 4.29. The van der Waals surface area contributed by atoms with Crippen LogP contribution < -0.4 is 10.1 Å². The molecule has 3 nitrogen and oxygen atoms in total. The number of hydrogen-bond donors (Lipinski definition) is 1. The van der Waals surface area contributed by atoms with Gasteiger partial charge in [0.15, 0.2) is 6.61 Å². The Hall–Kier alpha value is -2.03. The van der Waals surface area contributed by atoms with Gasteiger partial charge in [0, 0.05) is 5.70 Å². The highest BCUT2D eigenvalue weighted by Crippen LogP contribution is 2.11. The molecule has 0 heterocycles. The number of carbonyl (C=O) groups is 1. The van der Waals surface area contributed by atoms with E-state index in [0.717, 1.165) is 18.5 Å². The Morgan fingerprint density at radius 1 is 1.28 bits per heavy atom. The minimum Gasteiger partial charge on any atom is -0.484 e. The van der Waals surface area contributed by atoms with Crippen LogP contribution >= 0.6 is 0 Å². The first kappa shape index (κ1) is 12.4. The van der Waals surface area contributed by atoms with Gasteiger partial charge in [-0.1, -0.05) is 29.8 Å². The van der Waals surface area contributed by atoms with Gasteiger partial charge < -0.3 is 10.1 Å². The van der Waals surface area contributed by atoms with Crippen LogP contribution in [0.15, 0.2) is 48.2 Å². The van der Waals surface area contributed by atoms with Crippen LogP contribution in [-0.2, 0) is 4.79 Å². The zero-order valence-corrected chi connectivity index (χ0v) is 10.5. The minimum atomic E-state index is -0.131. The Kier molecular flexibility index (Phi) is 4.18. The number of ether oxygens (including phenoxy) is 1. The summed E-state index contributed by atoms with van der Waals surface area (Å²) in [6.45, 7) is 2.05. The molecular weight excluding hydrogens is 226 g/mol. The van der Waals surface area contributed by atoms with Crippen molar-refractivity contribution in [3.63, 3.8) is 0 Å². The fraction of sp³-hybridized carbons (Fsp3) is 0.267. The van der Waals surface area contributed by atoms with Gasteiger partial charge in [-0.15, -0.1) is 0 Å². The van der Waals surface area contributed by atoms with Crippen LogP contribution in [0.25, 0.3) is 0 Å². The molecule has 0 bridgehead atoms. The average Bonchev–Trinajstić information content (AvgIpc) is 2.39. The van der Waals surface area contributed by atoms with E-state index in [1.165, 1.54) is 5.56 Å². The highest BCUT2D eigenvalue weighted by Gasteiger charge is 2.05. The monoisotopic (exact) mass is 243 g/mol. The predicted octanol–water partition coefficient (Wildman–Crippen LogP) is 2.72. The van der Waals surface area contributed by atoms with Crippen LogP contribution in [0.2, 0.25) is 0 Å². The number of rotatable bonds is 4. The molecule has 94 valence electrons. The molecule has 3 heteroatoms. The number of amides is 1. The molecule has 0 aliphatic heterocycles. The van der Waals surface area contributed by atoms with Crippen LogP contribution in [0.4, 0.5) is 0 Å². The van der Waals surface area contributed by atoms with E-state index in [0.29, 0.717) is 5.75 Å². The quantitative estimate of drug-likeness (QED) is 0.883. The second-order valence-electron chi connectivity index (χ2n) is 4.29. The maximum atomic E-state index is 11.6. The standard InChI is InChI=1S/C15H17NO2/c1-12-7-9-14(10-8-12)18-11-15(17)16-13-5-3-2-4-6-13/h3,5-10H,2,4,11H2,1H3,(H,16,17). The van der Waals surface area contributed by atoms with E-state index in [2.05, 4.69) is 11.4 Å². The number of allylic oxidation sites excluding steroid dienone is 3. The Morgan fingerprint density at radius 3 is 2.72 bits per heavy atom. The fourth-order valence-corrected chi connectivity index (χ4v) is 1.69. The van der Waals surface area contributed by atoms with E-state index in [1.807, 2.05) is 43.3 Å². The van der Waals surface area contributed by atoms with E-state index in [4.69, 9.17) is 4.74 Å². The molecule has 2 rings (SSSR count). The Morgan fingerprint density at radius 2 is 2.06 bits per heavy atom. The minimum absolute atomic E-state index is 0.0360. The number of aryl methyl sites for hydroxylation is 1. The zero-order valence-electron chi connectivity index (χ0n) is 10.5. The summed E-state index contributed by atoms with van der Waals surface area (Å²) < 4.78 is 5.40. The molecule has 0 saturated carbocycles. The van der Waals surface area contributed by atoms with E-state index >= 15 is 0 Å². The first-order valence-electron chi connectivity index (χ1n) is 6.10. The molecule has 0 spiro atoms. The van der Waals surface area contributed by atoms with Crippen molar-refractivity contribution in [2.75, 3.05) is 6.61 Å². The van der Waals surface area contributed by atoms with Crippen LogP contribution in [0.3, 0.4) is 0 Å². The lowest BCUT2D eigenvalue weighted by Crippen LogP contribution is -2.28. The molecular formula is C15H17NO2. The van der Waals surface area contributed by atoms with Crippen molar-refractivity contribution in [3.05, 3.63) is 53.8 Å². The van der Waals surface area contributed by atoms with Gasteiger partial charge >= 0.3 is 0 Å². The molecule has 1 amide bonds. The molecule has 1 aliphatic carbocycles. The fourth-order valence-electron chi connectivity index (χ4n) is 1.69. The molecule has 0 saturated heterocycles. The number of carbonyl (C=O) groups excluding carboxylic acids is 1. The summed E-state index contributed by atoms with van der Waals surface area (Å²) in [4.78, 5) is 11.6. The molecule has 1 aromatic carbocycles. The molecule has 0 aromatic heterocycles. The van der Waals surface area contributed by atoms with E-state index in [-0.39, 0.29) is 12.5 Å². The summed E-state index contributed by atoms with van der Waals surface area (Å²) in [7, 11) is 0. The van der Waals surface area contributed by atoms with Crippen LogP contribution in [0.5, 0.6) is 5.75 Å². The number of nitrogens with one attached hydrogen (secondary N) is 1. The lowest BCUT2D eigenvalue weighted by atomic mass is 10.1. The van der Waals surface area contributed by atoms with Crippen LogP contribution in [0, 0.1) is 6.92 Å². The van der Waals surface area contributed by atoms with Gasteiger partial charge in [-0.05, 0) is 38.0 Å². The summed E-state index contributed by atoms with van der Waals surface area (Å²) in [5, 5.41) is 2.81. The maximum Gasteiger partial charge on any atom is 0.262 e. The van der Waals surface area contributed by atoms with Crippen LogP contribution in [-0.4, -0.2) is 12.5 Å². The van der Waals surface area contributed by atoms with Gasteiger partial charge in [-0.2, -0.15) is 0 Å². The maximum absolute atomic E-state index is 11.6. The van der Waals surface area contributed by atoms with Crippen molar-refractivity contribution in [2.24, 2.45) is 0 Å². The van der Waals surface area contributed by atoms with E-state index in [1.54, 1.807) is 0 Å². The lowest BCUT2D eigenvalue weighted by molar-refractivity contribution is -0.122. The van der Waals surface area contributed by atoms with Crippen molar-refractivity contribution in [1.82, 2.24) is 5.32 Å². The summed E-state index contributed by atoms with van der Waals surface area (Å²) >= 11 is 0. The van der Waals surface area contributed by atoms with Gasteiger partial charge in [0.1, 0.15) is 5.75 Å². The number of benzene rings is 1. The largest absolute Gasteiger partial charge is 0.484 e. The third kappa shape index (κ3) is 3.77. The van der Waals surface area contributed by atoms with Gasteiger partial charge in [-0.3, -0.25) is 4.79 Å². The molecule has 0 fully saturated rings. The summed E-state index contributed by atoms with van der Waals surface area (Å²) in [6.07, 6.45) is 8.01. The summed E-state index contributed by atoms with van der Waals surface area (Å²) in [5.74, 6) is 0.581. The smallest absolute Gasteiger partial charge is 0.262 e. The molecule has 18 heavy (non-hydrogen) atoms. The van der Waals surface area contributed by atoms with Gasteiger partial charge in [0.05, 0.1) is 0 Å². The highest BCUT2D eigenvalue weighted by molar-refractivity contribution is 5.79. The molecule has 1 aromatic rings. The van der Waals surface area contributed by atoms with E-state index in [9.17, 15) is 4.79 Å². The summed E-state index contributed by atoms with van der Waals surface area (Å²) in [6, 6.07) is 7.64. The normalized spacial score (nSPS) is 13.9. The first-order chi connectivity index (χ1) is 8.74. The average molecular weight is 243 g/mol. The van der Waals surface area contributed by atoms with E-state index < -0.39 is 0 Å². The molecule has 0 atom stereocenters. The highest BCUT2D eigenvalue weighted by atomic mass is 16.5. The van der Waals surface area contributed by atoms with Crippen molar-refractivity contribution < 1.29 is 9.53 Å². The molecule has 1 aliphatic rings. The van der Waals surface area contributed by atoms with Crippen molar-refractivity contribution >= 4 is 5.91 Å². The van der Waals surface area contributed by atoms with Gasteiger partial charge in [0.2, 0.25) is 0 Å². The van der Waals surface area contributed by atoms with Crippen molar-refractivity contribution in [3.8, 4) is 5.75 Å². The Labute approximate surface area is 107 Å². The molecule has 1 N–H and O–H groups in total. The third-order valence-electron chi connectivity index (χ3n) is 2.67. The zero-order chi connectivity index (χ0) is 12.8. The van der Waals surface area contributed by atoms with Crippen LogP contribution in [0.1, 0.15) is 18.4 Å². The molecule has 0 unspecified atom stereocenters. The SMILES string of the molecule is Cc1ccc(OCC(=O)NC2=CCCC=C2)cc1. The predicted molar refractivity (Wildman–Crippen MR) is 71.3 cm³/mol. The topological polar surface area (TPSA) is 38.3 Å². The summed E-state index contributed by atoms with van der Waals surface area (Å²) in [5.41, 5.74) is 2.03. The van der Waals surface area contributed by atoms with Gasteiger partial charge in [-0.25, -0.2) is 0 Å². The van der Waals surface area contributed by atoms with Gasteiger partial charge in [0.25, 0.3) is 5.91 Å². The second kappa shape index (κ2) is 6.05. The number of hydrogen-bond acceptors (Lipinski definition) is 2. The third-order valence-corrected chi connectivity index (χ3v) is 2.67. The first-order valence-corrected chi connectivity index (χ1v) is 6.10. The van der Waals surface area contributed by atoms with Crippen molar-refractivity contribution in [2.45, 2.75) is 19.8 Å². The lowest BCUT2D eigenvalue weighted by Gasteiger charge is -2.10. The molecule has 0 radical (unpaired) electrons. The Balaban J connectivity index is 1.79.